The zero-order valence-corrected chi connectivity index (χ0v) is 20.8. The molecule has 0 amide bonds. The molecule has 0 fully saturated rings. The quantitative estimate of drug-likeness (QED) is 0.315. The number of aryl methyl sites for hydroxylation is 1. The first-order chi connectivity index (χ1) is 15.8. The van der Waals surface area contributed by atoms with Gasteiger partial charge in [0.15, 0.2) is 5.69 Å². The van der Waals surface area contributed by atoms with Gasteiger partial charge < -0.3 is 10.4 Å². The number of nitrogens with zero attached hydrogens (tertiary/aromatic N) is 4. The topological polar surface area (TPSA) is 92.9 Å². The number of carbonyl (C=O) groups is 1. The van der Waals surface area contributed by atoms with Gasteiger partial charge in [-0.3, -0.25) is 0 Å². The summed E-state index contributed by atoms with van der Waals surface area (Å²) >= 11 is 15.6. The predicted molar refractivity (Wildman–Crippen MR) is 133 cm³/mol. The van der Waals surface area contributed by atoms with Crippen molar-refractivity contribution in [3.05, 3.63) is 57.5 Å². The molecule has 168 valence electrons. The Labute approximate surface area is 207 Å². The van der Waals surface area contributed by atoms with Gasteiger partial charge in [-0.1, -0.05) is 34.5 Å². The highest BCUT2D eigenvalue weighted by Crippen LogP contribution is 2.53. The molecule has 5 rings (SSSR count). The highest BCUT2D eigenvalue weighted by molar-refractivity contribution is 8.01. The molecule has 4 heterocycles. The number of hydrogen-bond acceptors (Lipinski definition) is 7. The van der Waals surface area contributed by atoms with E-state index in [1.54, 1.807) is 44.1 Å². The van der Waals surface area contributed by atoms with Crippen molar-refractivity contribution in [1.29, 1.82) is 0 Å². The fraction of sp³-hybridized carbons (Fsp3) is 0.182. The van der Waals surface area contributed by atoms with Crippen LogP contribution >= 0.6 is 46.3 Å². The summed E-state index contributed by atoms with van der Waals surface area (Å²) in [6.07, 6.45) is 1.63. The van der Waals surface area contributed by atoms with Gasteiger partial charge in [0.1, 0.15) is 5.82 Å². The largest absolute Gasteiger partial charge is 0.476 e. The second-order valence-corrected chi connectivity index (χ2v) is 10.9. The van der Waals surface area contributed by atoms with Gasteiger partial charge in [0, 0.05) is 29.6 Å². The summed E-state index contributed by atoms with van der Waals surface area (Å²) in [6.45, 7) is 3.89. The summed E-state index contributed by atoms with van der Waals surface area (Å²) in [6, 6.07) is 7.27. The van der Waals surface area contributed by atoms with E-state index >= 15 is 0 Å². The second-order valence-electron chi connectivity index (χ2n) is 7.45. The molecule has 1 atom stereocenters. The Morgan fingerprint density at radius 1 is 1.24 bits per heavy atom. The van der Waals surface area contributed by atoms with Crippen molar-refractivity contribution in [2.45, 2.75) is 23.3 Å². The van der Waals surface area contributed by atoms with Crippen LogP contribution in [0.4, 0.5) is 5.82 Å². The summed E-state index contributed by atoms with van der Waals surface area (Å²) in [5.41, 5.74) is 4.61. The summed E-state index contributed by atoms with van der Waals surface area (Å²) in [5.74, 6) is -0.448. The number of thioether (sulfide) groups is 1. The Morgan fingerprint density at radius 2 is 2.00 bits per heavy atom. The Hall–Kier alpha value is -2.59. The average Bonchev–Trinajstić information content (AvgIpc) is 3.36. The monoisotopic (exact) mass is 517 g/mol. The van der Waals surface area contributed by atoms with Crippen molar-refractivity contribution < 1.29 is 9.90 Å². The number of pyridine rings is 1. The second kappa shape index (κ2) is 8.32. The molecule has 3 aromatic heterocycles. The summed E-state index contributed by atoms with van der Waals surface area (Å²) < 4.78 is 2.40. The number of aromatic nitrogens is 4. The SMILES string of the molecule is CNc1cc(-c2c(C)nn(-c3nc4c(s3)SC(C)c3cc(Cl)c(Cl)cc3-4)c2C(=O)O)ccn1. The minimum absolute atomic E-state index is 0.0549. The molecule has 0 bridgehead atoms. The van der Waals surface area contributed by atoms with Crippen LogP contribution in [0.1, 0.15) is 33.9 Å². The van der Waals surface area contributed by atoms with Crippen molar-refractivity contribution in [1.82, 2.24) is 19.7 Å². The van der Waals surface area contributed by atoms with Crippen LogP contribution in [0.25, 0.3) is 27.5 Å². The van der Waals surface area contributed by atoms with Crippen molar-refractivity contribution in [3.8, 4) is 27.5 Å². The van der Waals surface area contributed by atoms with Crippen LogP contribution < -0.4 is 5.32 Å². The molecule has 0 spiro atoms. The Balaban J connectivity index is 1.69. The van der Waals surface area contributed by atoms with Gasteiger partial charge in [0.2, 0.25) is 5.13 Å². The number of fused-ring (bicyclic) bond motifs is 3. The molecular weight excluding hydrogens is 501 g/mol. The third-order valence-corrected chi connectivity index (χ3v) is 8.50. The lowest BCUT2D eigenvalue weighted by molar-refractivity contribution is 0.0688. The van der Waals surface area contributed by atoms with E-state index in [0.717, 1.165) is 21.0 Å². The van der Waals surface area contributed by atoms with Crippen LogP contribution in [0.2, 0.25) is 10.0 Å². The lowest BCUT2D eigenvalue weighted by Gasteiger charge is -2.21. The van der Waals surface area contributed by atoms with Crippen LogP contribution in [0, 0.1) is 6.92 Å². The van der Waals surface area contributed by atoms with Crippen molar-refractivity contribution in [2.24, 2.45) is 0 Å². The van der Waals surface area contributed by atoms with Gasteiger partial charge in [0.25, 0.3) is 0 Å². The van der Waals surface area contributed by atoms with Gasteiger partial charge in [-0.25, -0.2) is 14.8 Å². The molecule has 1 aromatic carbocycles. The van der Waals surface area contributed by atoms with Gasteiger partial charge in [-0.2, -0.15) is 9.78 Å². The normalized spacial score (nSPS) is 14.6. The molecule has 11 heteroatoms. The lowest BCUT2D eigenvalue weighted by Crippen LogP contribution is -2.09. The number of anilines is 1. The molecule has 0 saturated carbocycles. The average molecular weight is 518 g/mol. The maximum Gasteiger partial charge on any atom is 0.355 e. The molecule has 0 saturated heterocycles. The van der Waals surface area contributed by atoms with E-state index in [0.29, 0.717) is 37.8 Å². The van der Waals surface area contributed by atoms with E-state index in [-0.39, 0.29) is 10.9 Å². The fourth-order valence-corrected chi connectivity index (χ4v) is 6.76. The lowest BCUT2D eigenvalue weighted by atomic mass is 10.0. The standard InChI is InChI=1S/C22H17Cl2N5O2S2/c1-9-17(11-4-5-26-16(6-11)25-3)19(20(30)31)29(28-9)22-27-18-13-8-15(24)14(23)7-12(13)10(2)32-21(18)33-22/h4-8,10H,1-3H3,(H,25,26)(H,30,31). The fourth-order valence-electron chi connectivity index (χ4n) is 3.90. The molecule has 1 aliphatic rings. The first-order valence-corrected chi connectivity index (χ1v) is 12.4. The Kier molecular flexibility index (Phi) is 5.60. The summed E-state index contributed by atoms with van der Waals surface area (Å²) in [4.78, 5) is 21.4. The van der Waals surface area contributed by atoms with E-state index in [9.17, 15) is 9.90 Å². The molecule has 33 heavy (non-hydrogen) atoms. The molecule has 1 aliphatic heterocycles. The van der Waals surface area contributed by atoms with Gasteiger partial charge in [-0.15, -0.1) is 11.8 Å². The number of carboxylic acids is 1. The number of halogens is 2. The van der Waals surface area contributed by atoms with Gasteiger partial charge in [0.05, 0.1) is 25.6 Å². The third-order valence-electron chi connectivity index (χ3n) is 5.40. The van der Waals surface area contributed by atoms with Crippen LogP contribution in [0.5, 0.6) is 0 Å². The van der Waals surface area contributed by atoms with Gasteiger partial charge in [-0.05, 0) is 49.2 Å². The Morgan fingerprint density at radius 3 is 2.73 bits per heavy atom. The number of thiazole rings is 1. The zero-order chi connectivity index (χ0) is 23.4. The number of benzene rings is 1. The maximum atomic E-state index is 12.4. The van der Waals surface area contributed by atoms with Crippen molar-refractivity contribution >= 4 is 58.1 Å². The van der Waals surface area contributed by atoms with Gasteiger partial charge >= 0.3 is 5.97 Å². The first-order valence-electron chi connectivity index (χ1n) is 9.92. The minimum Gasteiger partial charge on any atom is -0.476 e. The van der Waals surface area contributed by atoms with Crippen LogP contribution in [-0.2, 0) is 0 Å². The Bertz CT molecular complexity index is 1430. The molecule has 7 nitrogen and oxygen atoms in total. The van der Waals surface area contributed by atoms with E-state index in [4.69, 9.17) is 28.2 Å². The van der Waals surface area contributed by atoms with Crippen molar-refractivity contribution in [3.63, 3.8) is 0 Å². The number of rotatable bonds is 4. The number of aromatic carboxylic acids is 1. The third kappa shape index (κ3) is 3.69. The highest BCUT2D eigenvalue weighted by atomic mass is 35.5. The highest BCUT2D eigenvalue weighted by Gasteiger charge is 2.31. The molecular formula is C22H17Cl2N5O2S2. The summed E-state index contributed by atoms with van der Waals surface area (Å²) in [7, 11) is 1.76. The van der Waals surface area contributed by atoms with E-state index in [1.807, 2.05) is 12.1 Å². The smallest absolute Gasteiger partial charge is 0.355 e. The van der Waals surface area contributed by atoms with E-state index in [2.05, 4.69) is 22.3 Å². The molecule has 1 unspecified atom stereocenters. The van der Waals surface area contributed by atoms with E-state index < -0.39 is 5.97 Å². The van der Waals surface area contributed by atoms with Crippen LogP contribution in [0.15, 0.2) is 34.7 Å². The van der Waals surface area contributed by atoms with Crippen LogP contribution in [0.3, 0.4) is 0 Å². The van der Waals surface area contributed by atoms with Crippen molar-refractivity contribution in [2.75, 3.05) is 12.4 Å². The minimum atomic E-state index is -1.09. The molecule has 2 N–H and O–H groups in total. The molecule has 0 radical (unpaired) electrons. The summed E-state index contributed by atoms with van der Waals surface area (Å²) in [5, 5.41) is 19.3. The number of hydrogen-bond donors (Lipinski definition) is 2. The number of carboxylic acid groups (broad SMARTS) is 1. The molecule has 0 aliphatic carbocycles. The van der Waals surface area contributed by atoms with E-state index in [1.165, 1.54) is 16.0 Å². The first kappa shape index (κ1) is 22.2. The maximum absolute atomic E-state index is 12.4. The molecule has 4 aromatic rings. The number of nitrogens with one attached hydrogen (secondary N) is 1. The predicted octanol–water partition coefficient (Wildman–Crippen LogP) is 6.58. The van der Waals surface area contributed by atoms with Crippen LogP contribution in [-0.4, -0.2) is 37.9 Å². The zero-order valence-electron chi connectivity index (χ0n) is 17.7.